The molecule has 3 N–H and O–H groups in total. The first-order valence-corrected chi connectivity index (χ1v) is 4.05. The molecule has 62 valence electrons. The maximum Gasteiger partial charge on any atom is 0.00658 e. The SMILES string of the molecule is C=C(NC)C1CC=C(N)CC1. The molecule has 0 saturated carbocycles. The summed E-state index contributed by atoms with van der Waals surface area (Å²) in [5, 5.41) is 3.08. The number of nitrogens with one attached hydrogen (secondary N) is 1. The highest BCUT2D eigenvalue weighted by atomic mass is 14.8. The molecule has 1 atom stereocenters. The van der Waals surface area contributed by atoms with Gasteiger partial charge in [0.2, 0.25) is 0 Å². The van der Waals surface area contributed by atoms with Crippen molar-refractivity contribution in [1.82, 2.24) is 5.32 Å². The van der Waals surface area contributed by atoms with Crippen molar-refractivity contribution < 1.29 is 0 Å². The van der Waals surface area contributed by atoms with Crippen molar-refractivity contribution in [3.63, 3.8) is 0 Å². The van der Waals surface area contributed by atoms with Crippen molar-refractivity contribution in [2.75, 3.05) is 7.05 Å². The van der Waals surface area contributed by atoms with Crippen LogP contribution in [0.1, 0.15) is 19.3 Å². The highest BCUT2D eigenvalue weighted by molar-refractivity contribution is 5.09. The lowest BCUT2D eigenvalue weighted by Crippen LogP contribution is -2.18. The lowest BCUT2D eigenvalue weighted by atomic mass is 9.90. The fourth-order valence-electron chi connectivity index (χ4n) is 1.38. The summed E-state index contributed by atoms with van der Waals surface area (Å²) in [7, 11) is 1.92. The van der Waals surface area contributed by atoms with E-state index in [1.807, 2.05) is 7.05 Å². The molecule has 0 aromatic heterocycles. The average Bonchev–Trinajstić information content (AvgIpc) is 2.05. The fourth-order valence-corrected chi connectivity index (χ4v) is 1.38. The summed E-state index contributed by atoms with van der Waals surface area (Å²) in [6.07, 6.45) is 5.32. The summed E-state index contributed by atoms with van der Waals surface area (Å²) in [4.78, 5) is 0. The van der Waals surface area contributed by atoms with E-state index < -0.39 is 0 Å². The molecule has 1 aliphatic carbocycles. The van der Waals surface area contributed by atoms with Gasteiger partial charge in [0.25, 0.3) is 0 Å². The van der Waals surface area contributed by atoms with Crippen LogP contribution in [0.3, 0.4) is 0 Å². The Morgan fingerprint density at radius 3 is 3.00 bits per heavy atom. The lowest BCUT2D eigenvalue weighted by Gasteiger charge is -2.21. The molecular formula is C9H16N2. The number of hydrogen-bond acceptors (Lipinski definition) is 2. The van der Waals surface area contributed by atoms with Crippen LogP contribution in [0.4, 0.5) is 0 Å². The minimum Gasteiger partial charge on any atom is -0.402 e. The van der Waals surface area contributed by atoms with Crippen LogP contribution in [-0.2, 0) is 0 Å². The van der Waals surface area contributed by atoms with E-state index in [0.29, 0.717) is 5.92 Å². The standard InChI is InChI=1S/C9H16N2/c1-7(11-2)8-3-5-9(10)6-4-8/h5,8,11H,1,3-4,6,10H2,2H3. The first-order valence-electron chi connectivity index (χ1n) is 4.05. The highest BCUT2D eigenvalue weighted by Crippen LogP contribution is 2.24. The van der Waals surface area contributed by atoms with Crippen LogP contribution in [0.15, 0.2) is 24.0 Å². The van der Waals surface area contributed by atoms with Gasteiger partial charge >= 0.3 is 0 Å². The van der Waals surface area contributed by atoms with Gasteiger partial charge in [-0.2, -0.15) is 0 Å². The maximum absolute atomic E-state index is 5.65. The minimum absolute atomic E-state index is 0.590. The zero-order valence-electron chi connectivity index (χ0n) is 7.06. The Kier molecular flexibility index (Phi) is 2.58. The van der Waals surface area contributed by atoms with Crippen LogP contribution in [0, 0.1) is 5.92 Å². The molecule has 2 heteroatoms. The van der Waals surface area contributed by atoms with Gasteiger partial charge in [0, 0.05) is 24.4 Å². The molecule has 11 heavy (non-hydrogen) atoms. The van der Waals surface area contributed by atoms with Crippen LogP contribution < -0.4 is 11.1 Å². The van der Waals surface area contributed by atoms with Gasteiger partial charge in [-0.05, 0) is 19.3 Å². The van der Waals surface area contributed by atoms with Crippen molar-refractivity contribution >= 4 is 0 Å². The van der Waals surface area contributed by atoms with E-state index in [2.05, 4.69) is 18.0 Å². The summed E-state index contributed by atoms with van der Waals surface area (Å²) in [6, 6.07) is 0. The van der Waals surface area contributed by atoms with E-state index in [1.54, 1.807) is 0 Å². The average molecular weight is 152 g/mol. The predicted octanol–water partition coefficient (Wildman–Crippen LogP) is 1.36. The zero-order chi connectivity index (χ0) is 8.27. The third kappa shape index (κ3) is 2.00. The quantitative estimate of drug-likeness (QED) is 0.627. The van der Waals surface area contributed by atoms with E-state index in [-0.39, 0.29) is 0 Å². The molecule has 0 saturated heterocycles. The first kappa shape index (κ1) is 8.18. The molecule has 0 bridgehead atoms. The molecule has 0 aliphatic heterocycles. The Balaban J connectivity index is 2.47. The van der Waals surface area contributed by atoms with Crippen molar-refractivity contribution in [3.8, 4) is 0 Å². The third-order valence-electron chi connectivity index (χ3n) is 2.26. The molecule has 0 heterocycles. The molecule has 1 unspecified atom stereocenters. The molecule has 0 spiro atoms. The summed E-state index contributed by atoms with van der Waals surface area (Å²) in [5.41, 5.74) is 7.82. The van der Waals surface area contributed by atoms with Crippen molar-refractivity contribution in [2.24, 2.45) is 11.7 Å². The summed E-state index contributed by atoms with van der Waals surface area (Å²) < 4.78 is 0. The second-order valence-electron chi connectivity index (χ2n) is 3.03. The van der Waals surface area contributed by atoms with Gasteiger partial charge in [-0.15, -0.1) is 0 Å². The molecule has 0 aromatic carbocycles. The second-order valence-corrected chi connectivity index (χ2v) is 3.03. The lowest BCUT2D eigenvalue weighted by molar-refractivity contribution is 0.514. The number of rotatable bonds is 2. The molecule has 1 rings (SSSR count). The Morgan fingerprint density at radius 1 is 1.82 bits per heavy atom. The van der Waals surface area contributed by atoms with Crippen LogP contribution in [0.5, 0.6) is 0 Å². The Labute approximate surface area is 68.2 Å². The molecule has 0 aromatic rings. The van der Waals surface area contributed by atoms with Crippen LogP contribution in [0.2, 0.25) is 0 Å². The zero-order valence-corrected chi connectivity index (χ0v) is 7.06. The van der Waals surface area contributed by atoms with E-state index in [9.17, 15) is 0 Å². The van der Waals surface area contributed by atoms with Crippen molar-refractivity contribution in [3.05, 3.63) is 24.0 Å². The maximum atomic E-state index is 5.65. The van der Waals surface area contributed by atoms with Crippen molar-refractivity contribution in [1.29, 1.82) is 0 Å². The van der Waals surface area contributed by atoms with E-state index >= 15 is 0 Å². The summed E-state index contributed by atoms with van der Waals surface area (Å²) in [6.45, 7) is 3.94. The Morgan fingerprint density at radius 2 is 2.55 bits per heavy atom. The largest absolute Gasteiger partial charge is 0.402 e. The normalized spacial score (nSPS) is 24.1. The second kappa shape index (κ2) is 3.46. The van der Waals surface area contributed by atoms with Gasteiger partial charge < -0.3 is 11.1 Å². The van der Waals surface area contributed by atoms with Crippen LogP contribution in [-0.4, -0.2) is 7.05 Å². The third-order valence-corrected chi connectivity index (χ3v) is 2.26. The highest BCUT2D eigenvalue weighted by Gasteiger charge is 2.14. The molecule has 1 aliphatic rings. The predicted molar refractivity (Wildman–Crippen MR) is 47.8 cm³/mol. The summed E-state index contributed by atoms with van der Waals surface area (Å²) >= 11 is 0. The van der Waals surface area contributed by atoms with E-state index in [0.717, 1.165) is 30.7 Å². The van der Waals surface area contributed by atoms with Gasteiger partial charge in [0.1, 0.15) is 0 Å². The first-order chi connectivity index (χ1) is 5.24. The van der Waals surface area contributed by atoms with Gasteiger partial charge in [-0.25, -0.2) is 0 Å². The molecular weight excluding hydrogens is 136 g/mol. The number of hydrogen-bond donors (Lipinski definition) is 2. The van der Waals surface area contributed by atoms with Gasteiger partial charge in [0.15, 0.2) is 0 Å². The fraction of sp³-hybridized carbons (Fsp3) is 0.556. The van der Waals surface area contributed by atoms with E-state index in [1.165, 1.54) is 0 Å². The van der Waals surface area contributed by atoms with Crippen molar-refractivity contribution in [2.45, 2.75) is 19.3 Å². The molecule has 0 radical (unpaired) electrons. The summed E-state index contributed by atoms with van der Waals surface area (Å²) in [5.74, 6) is 0.590. The molecule has 0 fully saturated rings. The van der Waals surface area contributed by atoms with Gasteiger partial charge in [-0.3, -0.25) is 0 Å². The number of allylic oxidation sites excluding steroid dienone is 3. The van der Waals surface area contributed by atoms with Gasteiger partial charge in [0.05, 0.1) is 0 Å². The topological polar surface area (TPSA) is 38.0 Å². The smallest absolute Gasteiger partial charge is 0.00658 e. The number of nitrogens with two attached hydrogens (primary N) is 1. The van der Waals surface area contributed by atoms with Gasteiger partial charge in [-0.1, -0.05) is 12.7 Å². The van der Waals surface area contributed by atoms with Crippen LogP contribution in [0.25, 0.3) is 0 Å². The molecule has 2 nitrogen and oxygen atoms in total. The monoisotopic (exact) mass is 152 g/mol. The Hall–Kier alpha value is -0.920. The van der Waals surface area contributed by atoms with Crippen LogP contribution >= 0.6 is 0 Å². The minimum atomic E-state index is 0.590. The molecule has 0 amide bonds. The van der Waals surface area contributed by atoms with E-state index in [4.69, 9.17) is 5.73 Å². The Bertz CT molecular complexity index is 182.